The Morgan fingerprint density at radius 3 is 2.58 bits per heavy atom. The third kappa shape index (κ3) is 4.46. The molecule has 0 radical (unpaired) electrons. The van der Waals surface area contributed by atoms with Crippen molar-refractivity contribution in [3.05, 3.63) is 34.3 Å². The van der Waals surface area contributed by atoms with Crippen molar-refractivity contribution in [1.29, 1.82) is 0 Å². The standard InChI is InChI=1S/C15H18BrNO2/c1-15(2,3)19-14(18)17-9-11-8-13(11)10-4-6-12(16)7-5-10/h4-7,9,11,13H,8H2,1-3H3/b17-9+/t11?,13-/m1/s1. The Morgan fingerprint density at radius 2 is 2.00 bits per heavy atom. The lowest BCUT2D eigenvalue weighted by Crippen LogP contribution is -2.21. The van der Waals surface area contributed by atoms with Gasteiger partial charge < -0.3 is 4.74 Å². The minimum Gasteiger partial charge on any atom is -0.442 e. The number of rotatable bonds is 2. The lowest BCUT2D eigenvalue weighted by atomic mass is 10.1. The first-order valence-electron chi connectivity index (χ1n) is 6.38. The van der Waals surface area contributed by atoms with E-state index in [1.165, 1.54) is 5.56 Å². The third-order valence-electron chi connectivity index (χ3n) is 2.90. The molecule has 0 spiro atoms. The molecule has 1 aromatic carbocycles. The minimum absolute atomic E-state index is 0.355. The van der Waals surface area contributed by atoms with Gasteiger partial charge in [-0.3, -0.25) is 0 Å². The van der Waals surface area contributed by atoms with E-state index >= 15 is 0 Å². The number of benzene rings is 1. The smallest absolute Gasteiger partial charge is 0.433 e. The zero-order chi connectivity index (χ0) is 14.0. The van der Waals surface area contributed by atoms with Crippen molar-refractivity contribution in [2.45, 2.75) is 38.7 Å². The minimum atomic E-state index is -0.506. The predicted molar refractivity (Wildman–Crippen MR) is 79.7 cm³/mol. The number of halogens is 1. The summed E-state index contributed by atoms with van der Waals surface area (Å²) in [6, 6.07) is 8.29. The third-order valence-corrected chi connectivity index (χ3v) is 3.43. The summed E-state index contributed by atoms with van der Waals surface area (Å²) in [5.41, 5.74) is 0.812. The highest BCUT2D eigenvalue weighted by Gasteiger charge is 2.37. The van der Waals surface area contributed by atoms with Crippen LogP contribution in [0.15, 0.2) is 33.7 Å². The fourth-order valence-corrected chi connectivity index (χ4v) is 2.18. The van der Waals surface area contributed by atoms with E-state index in [9.17, 15) is 4.79 Å². The molecule has 1 saturated carbocycles. The summed E-state index contributed by atoms with van der Waals surface area (Å²) in [4.78, 5) is 15.3. The first kappa shape index (κ1) is 14.3. The number of hydrogen-bond acceptors (Lipinski definition) is 2. The van der Waals surface area contributed by atoms with E-state index in [0.717, 1.165) is 10.9 Å². The normalized spacial score (nSPS) is 22.5. The monoisotopic (exact) mass is 323 g/mol. The van der Waals surface area contributed by atoms with Gasteiger partial charge in [0.15, 0.2) is 0 Å². The van der Waals surface area contributed by atoms with E-state index in [1.54, 1.807) is 6.21 Å². The molecule has 1 aliphatic carbocycles. The molecular weight excluding hydrogens is 306 g/mol. The van der Waals surface area contributed by atoms with Crippen LogP contribution >= 0.6 is 15.9 Å². The van der Waals surface area contributed by atoms with Crippen LogP contribution in [0.4, 0.5) is 4.79 Å². The summed E-state index contributed by atoms with van der Waals surface area (Å²) in [6.45, 7) is 5.51. The number of hydrogen-bond donors (Lipinski definition) is 0. The molecule has 0 aliphatic heterocycles. The Balaban J connectivity index is 1.87. The van der Waals surface area contributed by atoms with Gasteiger partial charge in [0.25, 0.3) is 0 Å². The van der Waals surface area contributed by atoms with Gasteiger partial charge in [-0.15, -0.1) is 0 Å². The molecule has 1 amide bonds. The number of amides is 1. The van der Waals surface area contributed by atoms with Crippen LogP contribution in [0.3, 0.4) is 0 Å². The molecule has 1 aliphatic rings. The molecule has 0 N–H and O–H groups in total. The van der Waals surface area contributed by atoms with E-state index in [2.05, 4.69) is 33.1 Å². The maximum atomic E-state index is 11.5. The van der Waals surface area contributed by atoms with Crippen molar-refractivity contribution in [2.24, 2.45) is 10.9 Å². The van der Waals surface area contributed by atoms with Crippen molar-refractivity contribution in [3.63, 3.8) is 0 Å². The number of nitrogens with zero attached hydrogens (tertiary/aromatic N) is 1. The first-order valence-corrected chi connectivity index (χ1v) is 7.17. The summed E-state index contributed by atoms with van der Waals surface area (Å²) < 4.78 is 6.21. The van der Waals surface area contributed by atoms with Gasteiger partial charge in [0.05, 0.1) is 0 Å². The summed E-state index contributed by atoms with van der Waals surface area (Å²) in [6.07, 6.45) is 2.27. The van der Waals surface area contributed by atoms with E-state index in [4.69, 9.17) is 4.74 Å². The molecule has 0 aromatic heterocycles. The molecule has 1 unspecified atom stereocenters. The molecule has 3 nitrogen and oxygen atoms in total. The number of carbonyl (C=O) groups excluding carboxylic acids is 1. The molecule has 102 valence electrons. The van der Waals surface area contributed by atoms with Gasteiger partial charge in [-0.25, -0.2) is 4.79 Å². The Bertz CT molecular complexity index is 488. The van der Waals surface area contributed by atoms with Crippen LogP contribution in [-0.2, 0) is 4.74 Å². The lowest BCUT2D eigenvalue weighted by molar-refractivity contribution is 0.0604. The van der Waals surface area contributed by atoms with Gasteiger partial charge in [0.1, 0.15) is 5.60 Å². The van der Waals surface area contributed by atoms with Crippen molar-refractivity contribution in [2.75, 3.05) is 0 Å². The molecule has 4 heteroatoms. The Kier molecular flexibility index (Phi) is 4.09. The molecule has 0 bridgehead atoms. The second kappa shape index (κ2) is 5.45. The highest BCUT2D eigenvalue weighted by molar-refractivity contribution is 9.10. The predicted octanol–water partition coefficient (Wildman–Crippen LogP) is 4.56. The van der Waals surface area contributed by atoms with E-state index in [1.807, 2.05) is 32.9 Å². The lowest BCUT2D eigenvalue weighted by Gasteiger charge is -2.17. The molecule has 19 heavy (non-hydrogen) atoms. The summed E-state index contributed by atoms with van der Waals surface area (Å²) in [7, 11) is 0. The molecule has 2 rings (SSSR count). The van der Waals surface area contributed by atoms with Crippen LogP contribution in [0.5, 0.6) is 0 Å². The van der Waals surface area contributed by atoms with E-state index in [0.29, 0.717) is 11.8 Å². The molecular formula is C15H18BrNO2. The highest BCUT2D eigenvalue weighted by atomic mass is 79.9. The van der Waals surface area contributed by atoms with E-state index < -0.39 is 11.7 Å². The van der Waals surface area contributed by atoms with Crippen LogP contribution < -0.4 is 0 Å². The van der Waals surface area contributed by atoms with Gasteiger partial charge >= 0.3 is 6.09 Å². The summed E-state index contributed by atoms with van der Waals surface area (Å²) in [5.74, 6) is 0.841. The Labute approximate surface area is 122 Å². The molecule has 2 atom stereocenters. The molecule has 0 saturated heterocycles. The van der Waals surface area contributed by atoms with Crippen molar-refractivity contribution in [3.8, 4) is 0 Å². The molecule has 1 fully saturated rings. The highest BCUT2D eigenvalue weighted by Crippen LogP contribution is 2.46. The fourth-order valence-electron chi connectivity index (χ4n) is 1.92. The second-order valence-corrected chi connectivity index (χ2v) is 6.73. The Morgan fingerprint density at radius 1 is 1.37 bits per heavy atom. The second-order valence-electron chi connectivity index (χ2n) is 5.82. The SMILES string of the molecule is CC(C)(C)OC(=O)/N=C/C1C[C@@H]1c1ccc(Br)cc1. The van der Waals surface area contributed by atoms with Crippen LogP contribution in [0.25, 0.3) is 0 Å². The van der Waals surface area contributed by atoms with Crippen molar-refractivity contribution in [1.82, 2.24) is 0 Å². The number of aliphatic imine (C=N–C) groups is 1. The quantitative estimate of drug-likeness (QED) is 0.748. The Hall–Kier alpha value is -1.16. The van der Waals surface area contributed by atoms with Crippen molar-refractivity contribution >= 4 is 28.2 Å². The van der Waals surface area contributed by atoms with E-state index in [-0.39, 0.29) is 0 Å². The summed E-state index contributed by atoms with van der Waals surface area (Å²) in [5, 5.41) is 0. The number of ether oxygens (including phenoxy) is 1. The van der Waals surface area contributed by atoms with Crippen molar-refractivity contribution < 1.29 is 9.53 Å². The maximum Gasteiger partial charge on any atom is 0.433 e. The van der Waals surface area contributed by atoms with Gasteiger partial charge in [0, 0.05) is 16.6 Å². The van der Waals surface area contributed by atoms with Crippen LogP contribution in [0, 0.1) is 5.92 Å². The van der Waals surface area contributed by atoms with Gasteiger partial charge in [-0.1, -0.05) is 28.1 Å². The van der Waals surface area contributed by atoms with Gasteiger partial charge in [-0.2, -0.15) is 4.99 Å². The zero-order valence-corrected chi connectivity index (χ0v) is 13.0. The van der Waals surface area contributed by atoms with Crippen LogP contribution in [-0.4, -0.2) is 17.9 Å². The fraction of sp³-hybridized carbons (Fsp3) is 0.467. The largest absolute Gasteiger partial charge is 0.442 e. The zero-order valence-electron chi connectivity index (χ0n) is 11.4. The topological polar surface area (TPSA) is 38.7 Å². The average Bonchev–Trinajstić information content (AvgIpc) is 3.04. The average molecular weight is 324 g/mol. The van der Waals surface area contributed by atoms with Crippen LogP contribution in [0.2, 0.25) is 0 Å². The molecule has 0 heterocycles. The van der Waals surface area contributed by atoms with Crippen LogP contribution in [0.1, 0.15) is 38.7 Å². The summed E-state index contributed by atoms with van der Waals surface area (Å²) >= 11 is 3.42. The van der Waals surface area contributed by atoms with Gasteiger partial charge in [-0.05, 0) is 50.8 Å². The first-order chi connectivity index (χ1) is 8.85. The van der Waals surface area contributed by atoms with Gasteiger partial charge in [0.2, 0.25) is 0 Å². The molecule has 1 aromatic rings. The number of carbonyl (C=O) groups is 1. The maximum absolute atomic E-state index is 11.5.